The lowest BCUT2D eigenvalue weighted by atomic mass is 10.0. The minimum atomic E-state index is -1.57. The van der Waals surface area contributed by atoms with E-state index in [4.69, 9.17) is 0 Å². The molecule has 0 bridgehead atoms. The van der Waals surface area contributed by atoms with Crippen molar-refractivity contribution in [2.75, 3.05) is 13.2 Å². The van der Waals surface area contributed by atoms with Crippen LogP contribution in [-0.2, 0) is 6.42 Å². The summed E-state index contributed by atoms with van der Waals surface area (Å²) >= 11 is 0. The summed E-state index contributed by atoms with van der Waals surface area (Å²) in [6.07, 6.45) is 3.72. The summed E-state index contributed by atoms with van der Waals surface area (Å²) in [5, 5.41) is 3.07. The maximum absolute atomic E-state index is 3.06. The highest BCUT2D eigenvalue weighted by Gasteiger charge is 2.61. The van der Waals surface area contributed by atoms with Crippen LogP contribution < -0.4 is 10.6 Å². The molecule has 1 saturated heterocycles. The molecule has 0 radical (unpaired) electrons. The Kier molecular flexibility index (Phi) is 6.13. The molecule has 2 aliphatic heterocycles. The first-order valence-corrected chi connectivity index (χ1v) is 16.1. The van der Waals surface area contributed by atoms with Crippen LogP contribution in [0.4, 0.5) is 0 Å². The molecule has 0 amide bonds. The van der Waals surface area contributed by atoms with Crippen molar-refractivity contribution < 1.29 is 0 Å². The number of rotatable bonds is 4. The van der Waals surface area contributed by atoms with Crippen LogP contribution in [0.25, 0.3) is 0 Å². The maximum atomic E-state index is 3.06. The molecule has 170 valence electrons. The Morgan fingerprint density at radius 3 is 1.74 bits per heavy atom. The Morgan fingerprint density at radius 1 is 0.647 bits per heavy atom. The molecule has 3 atom stereocenters. The van der Waals surface area contributed by atoms with Gasteiger partial charge in [-0.25, -0.2) is 0 Å². The molecule has 1 unspecified atom stereocenters. The number of hydrogen-bond donors (Lipinski definition) is 0. The van der Waals surface area contributed by atoms with Crippen molar-refractivity contribution in [3.05, 3.63) is 132 Å². The lowest BCUT2D eigenvalue weighted by Crippen LogP contribution is -2.37. The van der Waals surface area contributed by atoms with Gasteiger partial charge in [-0.05, 0) is 41.3 Å². The zero-order valence-electron chi connectivity index (χ0n) is 19.8. The van der Waals surface area contributed by atoms with E-state index in [9.17, 15) is 0 Å². The van der Waals surface area contributed by atoms with Crippen LogP contribution in [0.2, 0.25) is 0 Å². The van der Waals surface area contributed by atoms with Crippen LogP contribution in [0.3, 0.4) is 0 Å². The van der Waals surface area contributed by atoms with Gasteiger partial charge in [-0.1, -0.05) is 115 Å². The third-order valence-electron chi connectivity index (χ3n) is 7.87. The fourth-order valence-electron chi connectivity index (χ4n) is 6.29. The highest BCUT2D eigenvalue weighted by atomic mass is 31.2. The summed E-state index contributed by atoms with van der Waals surface area (Å²) < 4.78 is 3.06. The molecule has 3 heteroatoms. The average molecular weight is 481 g/mol. The van der Waals surface area contributed by atoms with E-state index in [1.807, 2.05) is 0 Å². The standard InChI is InChI=1S/C31H32NP2/c1-34(30(26-14-5-2-6-15-26)21-22-31(34)27-16-7-3-8-17-27)32-24-23-25-13-11-12-20-29(25)33(32)28-18-9-4-10-19-28/h2-20,30-31H,21-24H2,1H3/q+1/t30-,31-,33?/m0/s1. The SMILES string of the molecule is C[P+]1(N2CCc3ccccc3P2c2ccccc2)[C@H](c2ccccc2)CC[C@H]1c1ccccc1. The van der Waals surface area contributed by atoms with E-state index in [0.29, 0.717) is 11.3 Å². The predicted octanol–water partition coefficient (Wildman–Crippen LogP) is 7.73. The molecule has 34 heavy (non-hydrogen) atoms. The molecule has 1 nitrogen and oxygen atoms in total. The molecule has 1 fully saturated rings. The van der Waals surface area contributed by atoms with Gasteiger partial charge in [0.2, 0.25) is 0 Å². The first kappa shape index (κ1) is 22.2. The molecule has 0 N–H and O–H groups in total. The summed E-state index contributed by atoms with van der Waals surface area (Å²) in [6, 6.07) is 43.4. The van der Waals surface area contributed by atoms with Gasteiger partial charge in [0.25, 0.3) is 0 Å². The highest BCUT2D eigenvalue weighted by Crippen LogP contribution is 2.87. The number of nitrogens with zero attached hydrogens (tertiary/aromatic N) is 1. The monoisotopic (exact) mass is 480 g/mol. The van der Waals surface area contributed by atoms with Gasteiger partial charge in [-0.15, -0.1) is 0 Å². The molecular weight excluding hydrogens is 448 g/mol. The molecule has 0 aliphatic carbocycles. The topological polar surface area (TPSA) is 3.24 Å². The largest absolute Gasteiger partial charge is 0.151 e. The van der Waals surface area contributed by atoms with E-state index >= 15 is 0 Å². The third-order valence-corrected chi connectivity index (χ3v) is 16.7. The van der Waals surface area contributed by atoms with Crippen LogP contribution >= 0.6 is 15.5 Å². The second-order valence-corrected chi connectivity index (χ2v) is 16.0. The van der Waals surface area contributed by atoms with Gasteiger partial charge in [0.1, 0.15) is 18.7 Å². The van der Waals surface area contributed by atoms with E-state index in [2.05, 4.69) is 126 Å². The van der Waals surface area contributed by atoms with Gasteiger partial charge in [-0.2, -0.15) is 4.44 Å². The maximum Gasteiger partial charge on any atom is 0.111 e. The zero-order chi connectivity index (χ0) is 23.0. The van der Waals surface area contributed by atoms with Crippen LogP contribution in [0, 0.1) is 0 Å². The molecule has 4 aromatic carbocycles. The summed E-state index contributed by atoms with van der Waals surface area (Å²) in [5.74, 6) is 0. The van der Waals surface area contributed by atoms with E-state index in [-0.39, 0.29) is 0 Å². The third kappa shape index (κ3) is 3.76. The quantitative estimate of drug-likeness (QED) is 0.270. The van der Waals surface area contributed by atoms with E-state index in [1.165, 1.54) is 18.1 Å². The van der Waals surface area contributed by atoms with Crippen molar-refractivity contribution in [2.45, 2.75) is 30.6 Å². The number of fused-ring (bicyclic) bond motifs is 1. The Bertz CT molecular complexity index is 1190. The normalized spacial score (nSPS) is 24.0. The Morgan fingerprint density at radius 2 is 1.15 bits per heavy atom. The van der Waals surface area contributed by atoms with Crippen molar-refractivity contribution >= 4 is 26.1 Å². The summed E-state index contributed by atoms with van der Waals surface area (Å²) in [4.78, 5) is 0. The molecule has 2 aliphatic rings. The first-order chi connectivity index (χ1) is 16.8. The molecule has 6 rings (SSSR count). The van der Waals surface area contributed by atoms with Crippen LogP contribution in [0.5, 0.6) is 0 Å². The minimum Gasteiger partial charge on any atom is -0.151 e. The molecule has 0 spiro atoms. The van der Waals surface area contributed by atoms with Crippen LogP contribution in [0.1, 0.15) is 40.8 Å². The summed E-state index contributed by atoms with van der Waals surface area (Å²) in [5.41, 5.74) is 5.88. The smallest absolute Gasteiger partial charge is 0.111 e. The average Bonchev–Trinajstić information content (AvgIpc) is 3.27. The van der Waals surface area contributed by atoms with Crippen LogP contribution in [-0.4, -0.2) is 17.7 Å². The second kappa shape index (κ2) is 9.39. The molecule has 0 saturated carbocycles. The van der Waals surface area contributed by atoms with Gasteiger partial charge in [0.15, 0.2) is 0 Å². The van der Waals surface area contributed by atoms with Gasteiger partial charge in [-0.3, -0.25) is 0 Å². The molecule has 4 aromatic rings. The lowest BCUT2D eigenvalue weighted by Gasteiger charge is -2.46. The summed E-state index contributed by atoms with van der Waals surface area (Å²) in [7, 11) is -2.13. The highest BCUT2D eigenvalue weighted by molar-refractivity contribution is 7.86. The molecule has 2 heterocycles. The Labute approximate surface area is 206 Å². The van der Waals surface area contributed by atoms with Crippen molar-refractivity contribution in [3.8, 4) is 0 Å². The second-order valence-electron chi connectivity index (χ2n) is 9.65. The van der Waals surface area contributed by atoms with Gasteiger partial charge in [0.05, 0.1) is 14.7 Å². The fourth-order valence-corrected chi connectivity index (χ4v) is 15.9. The minimum absolute atomic E-state index is 0.557. The lowest BCUT2D eigenvalue weighted by molar-refractivity contribution is 0.663. The van der Waals surface area contributed by atoms with E-state index in [0.717, 1.165) is 13.0 Å². The van der Waals surface area contributed by atoms with Crippen molar-refractivity contribution in [1.29, 1.82) is 0 Å². The van der Waals surface area contributed by atoms with E-state index in [1.54, 1.807) is 22.0 Å². The fraction of sp³-hybridized carbons (Fsp3) is 0.226. The zero-order valence-corrected chi connectivity index (χ0v) is 21.6. The number of hydrogen-bond acceptors (Lipinski definition) is 1. The van der Waals surface area contributed by atoms with Gasteiger partial charge in [0, 0.05) is 11.8 Å². The van der Waals surface area contributed by atoms with E-state index < -0.39 is 15.5 Å². The van der Waals surface area contributed by atoms with Gasteiger partial charge < -0.3 is 0 Å². The Balaban J connectivity index is 1.54. The van der Waals surface area contributed by atoms with Crippen molar-refractivity contribution in [1.82, 2.24) is 4.44 Å². The number of benzene rings is 4. The van der Waals surface area contributed by atoms with Crippen molar-refractivity contribution in [3.63, 3.8) is 0 Å². The predicted molar refractivity (Wildman–Crippen MR) is 150 cm³/mol. The summed E-state index contributed by atoms with van der Waals surface area (Å²) in [6.45, 7) is 3.86. The molecular formula is C31H32NP2+. The van der Waals surface area contributed by atoms with Crippen LogP contribution in [0.15, 0.2) is 115 Å². The van der Waals surface area contributed by atoms with Gasteiger partial charge >= 0.3 is 0 Å². The molecule has 0 aromatic heterocycles. The van der Waals surface area contributed by atoms with Crippen molar-refractivity contribution in [2.24, 2.45) is 0 Å². The first-order valence-electron chi connectivity index (χ1n) is 12.4. The Hall–Kier alpha value is -2.30.